The van der Waals surface area contributed by atoms with Gasteiger partial charge < -0.3 is 13.9 Å². The highest BCUT2D eigenvalue weighted by Crippen LogP contribution is 2.33. The molecule has 0 atom stereocenters. The van der Waals surface area contributed by atoms with Crippen LogP contribution in [-0.2, 0) is 35.7 Å². The van der Waals surface area contributed by atoms with E-state index >= 15 is 0 Å². The lowest BCUT2D eigenvalue weighted by Crippen LogP contribution is -2.24. The number of rotatable bonds is 7. The zero-order valence-corrected chi connectivity index (χ0v) is 24.8. The molecule has 0 N–H and O–H groups in total. The summed E-state index contributed by atoms with van der Waals surface area (Å²) in [6, 6.07) is 31.9. The minimum Gasteiger partial charge on any atom is -0.463 e. The number of hydrogen-bond acceptors (Lipinski definition) is 3. The molecule has 4 aromatic carbocycles. The average molecular weight is 570 g/mol. The summed E-state index contributed by atoms with van der Waals surface area (Å²) in [5, 5.41) is 5.39. The Morgan fingerprint density at radius 3 is 1.77 bits per heavy atom. The maximum Gasteiger partial charge on any atom is 0.330 e. The van der Waals surface area contributed by atoms with Crippen molar-refractivity contribution >= 4 is 49.6 Å². The first kappa shape index (κ1) is 27.5. The van der Waals surface area contributed by atoms with Crippen molar-refractivity contribution in [1.82, 2.24) is 14.0 Å². The lowest BCUT2D eigenvalue weighted by atomic mass is 10.1. The maximum absolute atomic E-state index is 11.4. The molecule has 0 unspecified atom stereocenters. The summed E-state index contributed by atoms with van der Waals surface area (Å²) in [5.74, 6) is -0.342. The van der Waals surface area contributed by atoms with Crippen molar-refractivity contribution in [2.45, 2.75) is 58.3 Å². The second-order valence-corrected chi connectivity index (χ2v) is 11.9. The largest absolute Gasteiger partial charge is 0.463 e. The molecule has 218 valence electrons. The van der Waals surface area contributed by atoms with E-state index in [1.54, 1.807) is 0 Å². The van der Waals surface area contributed by atoms with Crippen molar-refractivity contribution in [1.29, 1.82) is 0 Å². The first-order valence-electron chi connectivity index (χ1n) is 15.7. The number of ether oxygens (including phenoxy) is 1. The summed E-state index contributed by atoms with van der Waals surface area (Å²) in [7, 11) is 0. The Hall–Kier alpha value is -4.35. The molecule has 0 saturated heterocycles. The van der Waals surface area contributed by atoms with Crippen LogP contribution in [0.2, 0.25) is 0 Å². The fourth-order valence-electron chi connectivity index (χ4n) is 7.00. The number of fused-ring (bicyclic) bond motifs is 3. The number of aryl methyl sites for hydroxylation is 2. The molecular formula is C38H39N3O2. The van der Waals surface area contributed by atoms with Gasteiger partial charge in [0.15, 0.2) is 0 Å². The van der Waals surface area contributed by atoms with Gasteiger partial charge in [-0.25, -0.2) is 4.79 Å². The van der Waals surface area contributed by atoms with Gasteiger partial charge in [-0.1, -0.05) is 55.1 Å². The number of carbonyl (C=O) groups excluding carboxylic acids is 1. The van der Waals surface area contributed by atoms with Gasteiger partial charge in [-0.05, 0) is 86.2 Å². The van der Waals surface area contributed by atoms with Gasteiger partial charge in [-0.15, -0.1) is 0 Å². The number of para-hydroxylation sites is 2. The van der Waals surface area contributed by atoms with Crippen LogP contribution in [0.25, 0.3) is 43.6 Å². The Morgan fingerprint density at radius 2 is 1.21 bits per heavy atom. The quantitative estimate of drug-likeness (QED) is 0.110. The summed E-state index contributed by atoms with van der Waals surface area (Å²) in [6.45, 7) is 8.72. The van der Waals surface area contributed by atoms with Gasteiger partial charge in [-0.3, -0.25) is 4.90 Å². The van der Waals surface area contributed by atoms with E-state index in [4.69, 9.17) is 4.74 Å². The van der Waals surface area contributed by atoms with Crippen LogP contribution >= 0.6 is 0 Å². The zero-order chi connectivity index (χ0) is 29.2. The Morgan fingerprint density at radius 1 is 0.674 bits per heavy atom. The molecule has 8 bridgehead atoms. The van der Waals surface area contributed by atoms with Crippen LogP contribution < -0.4 is 0 Å². The number of carbonyl (C=O) groups is 1. The van der Waals surface area contributed by atoms with Gasteiger partial charge in [0.1, 0.15) is 0 Å². The molecule has 2 aromatic heterocycles. The van der Waals surface area contributed by atoms with Crippen LogP contribution in [0.5, 0.6) is 0 Å². The molecule has 0 spiro atoms. The van der Waals surface area contributed by atoms with Gasteiger partial charge in [-0.2, -0.15) is 0 Å². The highest BCUT2D eigenvalue weighted by Gasteiger charge is 2.16. The summed E-state index contributed by atoms with van der Waals surface area (Å²) >= 11 is 0. The van der Waals surface area contributed by atoms with Crippen molar-refractivity contribution in [3.05, 3.63) is 109 Å². The predicted molar refractivity (Wildman–Crippen MR) is 177 cm³/mol. The SMILES string of the molecule is C=CC(=O)OCCCCCN1Cc2ccc3c(c2)c2ccccc2n3CCCCn2c3ccccc3c3cc(ccc32)C1. The molecule has 0 radical (unpaired) electrons. The summed E-state index contributed by atoms with van der Waals surface area (Å²) in [4.78, 5) is 14.0. The lowest BCUT2D eigenvalue weighted by molar-refractivity contribution is -0.137. The Labute approximate surface area is 253 Å². The minimum absolute atomic E-state index is 0.342. The Balaban J connectivity index is 1.25. The first-order valence-corrected chi connectivity index (χ1v) is 15.7. The molecule has 0 saturated carbocycles. The Bertz CT molecular complexity index is 1820. The van der Waals surface area contributed by atoms with Crippen LogP contribution in [0.15, 0.2) is 97.6 Å². The van der Waals surface area contributed by atoms with Crippen LogP contribution in [0.4, 0.5) is 0 Å². The van der Waals surface area contributed by atoms with Gasteiger partial charge in [0.05, 0.1) is 6.61 Å². The van der Waals surface area contributed by atoms with E-state index in [0.29, 0.717) is 6.61 Å². The third-order valence-corrected chi connectivity index (χ3v) is 9.03. The van der Waals surface area contributed by atoms with Crippen LogP contribution in [0.1, 0.15) is 43.2 Å². The smallest absolute Gasteiger partial charge is 0.330 e. The summed E-state index contributed by atoms with van der Waals surface area (Å²) < 4.78 is 10.3. The fourth-order valence-corrected chi connectivity index (χ4v) is 7.00. The Kier molecular flexibility index (Phi) is 7.73. The third-order valence-electron chi connectivity index (χ3n) is 9.03. The van der Waals surface area contributed by atoms with E-state index < -0.39 is 0 Å². The van der Waals surface area contributed by atoms with Crippen molar-refractivity contribution in [2.24, 2.45) is 0 Å². The fraction of sp³-hybridized carbons (Fsp3) is 0.289. The molecular weight excluding hydrogens is 530 g/mol. The van der Waals surface area contributed by atoms with E-state index in [1.165, 1.54) is 60.8 Å². The molecule has 0 aliphatic carbocycles. The molecule has 3 aliphatic rings. The highest BCUT2D eigenvalue weighted by molar-refractivity contribution is 6.09. The number of aromatic nitrogens is 2. The van der Waals surface area contributed by atoms with Crippen LogP contribution in [0.3, 0.4) is 0 Å². The zero-order valence-electron chi connectivity index (χ0n) is 24.8. The number of benzene rings is 4. The topological polar surface area (TPSA) is 39.4 Å². The number of unbranched alkanes of at least 4 members (excludes halogenated alkanes) is 2. The molecule has 0 fully saturated rings. The number of nitrogens with zero attached hydrogens (tertiary/aromatic N) is 3. The van der Waals surface area contributed by atoms with Crippen LogP contribution in [0, 0.1) is 0 Å². The van der Waals surface area contributed by atoms with Crippen LogP contribution in [-0.4, -0.2) is 33.2 Å². The molecule has 9 rings (SSSR count). The van der Waals surface area contributed by atoms with Crippen molar-refractivity contribution in [3.8, 4) is 0 Å². The number of hydrogen-bond donors (Lipinski definition) is 0. The second kappa shape index (κ2) is 12.1. The van der Waals surface area contributed by atoms with E-state index in [1.807, 2.05) is 0 Å². The molecule has 0 amide bonds. The normalized spacial score (nSPS) is 14.5. The molecule has 6 aromatic rings. The van der Waals surface area contributed by atoms with E-state index in [-0.39, 0.29) is 5.97 Å². The van der Waals surface area contributed by atoms with Gasteiger partial charge in [0.25, 0.3) is 0 Å². The van der Waals surface area contributed by atoms with E-state index in [9.17, 15) is 4.79 Å². The number of esters is 1. The lowest BCUT2D eigenvalue weighted by Gasteiger charge is -2.23. The first-order chi connectivity index (χ1) is 21.2. The summed E-state index contributed by atoms with van der Waals surface area (Å²) in [5.41, 5.74) is 8.00. The predicted octanol–water partition coefficient (Wildman–Crippen LogP) is 8.60. The molecule has 43 heavy (non-hydrogen) atoms. The van der Waals surface area contributed by atoms with Gasteiger partial charge in [0, 0.05) is 75.9 Å². The maximum atomic E-state index is 11.4. The monoisotopic (exact) mass is 569 g/mol. The third kappa shape index (κ3) is 5.46. The highest BCUT2D eigenvalue weighted by atomic mass is 16.5. The van der Waals surface area contributed by atoms with Crippen molar-refractivity contribution in [3.63, 3.8) is 0 Å². The molecule has 5 heteroatoms. The minimum atomic E-state index is -0.342. The molecule has 5 nitrogen and oxygen atoms in total. The summed E-state index contributed by atoms with van der Waals surface area (Å²) in [6.07, 6.45) is 6.41. The van der Waals surface area contributed by atoms with Crippen molar-refractivity contribution < 1.29 is 9.53 Å². The van der Waals surface area contributed by atoms with E-state index in [2.05, 4.69) is 106 Å². The van der Waals surface area contributed by atoms with Gasteiger partial charge in [0.2, 0.25) is 0 Å². The van der Waals surface area contributed by atoms with E-state index in [0.717, 1.165) is 64.8 Å². The van der Waals surface area contributed by atoms with Gasteiger partial charge >= 0.3 is 5.97 Å². The van der Waals surface area contributed by atoms with Crippen molar-refractivity contribution in [2.75, 3.05) is 13.2 Å². The average Bonchev–Trinajstić information content (AvgIpc) is 3.52. The second-order valence-electron chi connectivity index (χ2n) is 11.9. The molecule has 3 aliphatic heterocycles. The molecule has 5 heterocycles. The standard InChI is InChI=1S/C38H39N3O2/c1-2-38(42)43-23-11-3-8-20-39-26-28-16-18-36-32(24-28)30-12-4-6-14-34(30)40(36)21-9-10-22-41-35-15-7-5-13-31(35)33-25-29(27-39)17-19-37(33)41/h2,4-7,12-19,24-25H,1,3,8-11,20-23,26-27H2.